The van der Waals surface area contributed by atoms with Crippen LogP contribution in [0.5, 0.6) is 5.75 Å². The molecule has 0 aromatic heterocycles. The summed E-state index contributed by atoms with van der Waals surface area (Å²) in [6.45, 7) is 2.06. The number of hydrogen-bond donors (Lipinski definition) is 0. The molecule has 1 aromatic carbocycles. The normalized spacial score (nSPS) is 20.6. The summed E-state index contributed by atoms with van der Waals surface area (Å²) >= 11 is 0. The van der Waals surface area contributed by atoms with Crippen LogP contribution in [0.3, 0.4) is 0 Å². The molecule has 3 rings (SSSR count). The second kappa shape index (κ2) is 7.34. The van der Waals surface area contributed by atoms with E-state index in [-0.39, 0.29) is 11.8 Å². The number of ether oxygens (including phenoxy) is 1. The van der Waals surface area contributed by atoms with Crippen molar-refractivity contribution in [2.24, 2.45) is 11.8 Å². The van der Waals surface area contributed by atoms with E-state index < -0.39 is 10.0 Å². The zero-order valence-corrected chi connectivity index (χ0v) is 15.6. The lowest BCUT2D eigenvalue weighted by molar-refractivity contribution is 0.384. The molecular weight excluding hydrogens is 322 g/mol. The second-order valence-electron chi connectivity index (χ2n) is 7.35. The van der Waals surface area contributed by atoms with E-state index in [2.05, 4.69) is 6.92 Å². The van der Waals surface area contributed by atoms with Gasteiger partial charge >= 0.3 is 0 Å². The maximum atomic E-state index is 13.2. The van der Waals surface area contributed by atoms with Crippen LogP contribution in [0.15, 0.2) is 24.3 Å². The van der Waals surface area contributed by atoms with E-state index in [4.69, 9.17) is 4.74 Å². The highest BCUT2D eigenvalue weighted by atomic mass is 32.2. The molecule has 134 valence electrons. The third-order valence-corrected chi connectivity index (χ3v) is 7.51. The molecule has 1 unspecified atom stereocenters. The van der Waals surface area contributed by atoms with Crippen molar-refractivity contribution < 1.29 is 13.2 Å². The summed E-state index contributed by atoms with van der Waals surface area (Å²) in [5.74, 6) is 1.85. The number of nitrogens with zero attached hydrogens (tertiary/aromatic N) is 1. The van der Waals surface area contributed by atoms with E-state index in [0.29, 0.717) is 11.8 Å². The monoisotopic (exact) mass is 351 g/mol. The van der Waals surface area contributed by atoms with Gasteiger partial charge in [0.25, 0.3) is 0 Å². The molecule has 1 aromatic rings. The molecule has 2 saturated carbocycles. The summed E-state index contributed by atoms with van der Waals surface area (Å²) in [5.41, 5.74) is 0.769. The van der Waals surface area contributed by atoms with E-state index >= 15 is 0 Å². The van der Waals surface area contributed by atoms with E-state index in [9.17, 15) is 8.42 Å². The van der Waals surface area contributed by atoms with E-state index in [0.717, 1.165) is 37.1 Å². The van der Waals surface area contributed by atoms with Crippen LogP contribution in [0, 0.1) is 11.8 Å². The Kier molecular flexibility index (Phi) is 5.38. The van der Waals surface area contributed by atoms with Crippen molar-refractivity contribution in [1.29, 1.82) is 0 Å². The van der Waals surface area contributed by atoms with E-state index in [1.54, 1.807) is 11.4 Å². The molecule has 0 spiro atoms. The second-order valence-corrected chi connectivity index (χ2v) is 9.25. The summed E-state index contributed by atoms with van der Waals surface area (Å²) in [7, 11) is -1.68. The SMILES string of the molecule is COc1ccc(N(C(C)C2CC2)S(=O)(=O)CC2CCCCC2)cc1. The van der Waals surface area contributed by atoms with Crippen molar-refractivity contribution in [3.05, 3.63) is 24.3 Å². The minimum Gasteiger partial charge on any atom is -0.497 e. The van der Waals surface area contributed by atoms with Gasteiger partial charge in [0, 0.05) is 6.04 Å². The number of anilines is 1. The van der Waals surface area contributed by atoms with Gasteiger partial charge in [-0.3, -0.25) is 4.31 Å². The minimum atomic E-state index is -3.31. The first-order valence-electron chi connectivity index (χ1n) is 9.17. The molecule has 2 fully saturated rings. The lowest BCUT2D eigenvalue weighted by Gasteiger charge is -2.33. The molecule has 0 bridgehead atoms. The zero-order valence-electron chi connectivity index (χ0n) is 14.8. The Morgan fingerprint density at radius 1 is 1.08 bits per heavy atom. The van der Waals surface area contributed by atoms with Crippen LogP contribution < -0.4 is 9.04 Å². The van der Waals surface area contributed by atoms with Crippen molar-refractivity contribution in [3.8, 4) is 5.75 Å². The number of hydrogen-bond acceptors (Lipinski definition) is 3. The number of benzene rings is 1. The lowest BCUT2D eigenvalue weighted by Crippen LogP contribution is -2.43. The molecule has 2 aliphatic carbocycles. The van der Waals surface area contributed by atoms with Gasteiger partial charge in [0.05, 0.1) is 18.6 Å². The fourth-order valence-corrected chi connectivity index (χ4v) is 6.09. The molecule has 2 aliphatic rings. The molecule has 0 N–H and O–H groups in total. The largest absolute Gasteiger partial charge is 0.497 e. The molecule has 24 heavy (non-hydrogen) atoms. The topological polar surface area (TPSA) is 46.6 Å². The molecule has 4 nitrogen and oxygen atoms in total. The summed E-state index contributed by atoms with van der Waals surface area (Å²) in [6, 6.07) is 7.47. The quantitative estimate of drug-likeness (QED) is 0.739. The average molecular weight is 352 g/mol. The minimum absolute atomic E-state index is 0.0342. The Morgan fingerprint density at radius 2 is 1.71 bits per heavy atom. The average Bonchev–Trinajstić information content (AvgIpc) is 3.41. The van der Waals surface area contributed by atoms with Gasteiger partial charge in [0.2, 0.25) is 10.0 Å². The first-order valence-corrected chi connectivity index (χ1v) is 10.8. The van der Waals surface area contributed by atoms with Gasteiger partial charge in [0.1, 0.15) is 5.75 Å². The molecule has 1 atom stereocenters. The third kappa shape index (κ3) is 4.05. The fourth-order valence-electron chi connectivity index (χ4n) is 3.88. The molecule has 0 aliphatic heterocycles. The first-order chi connectivity index (χ1) is 11.5. The highest BCUT2D eigenvalue weighted by Gasteiger charge is 2.38. The molecule has 0 amide bonds. The van der Waals surface area contributed by atoms with Crippen LogP contribution in [0.25, 0.3) is 0 Å². The summed E-state index contributed by atoms with van der Waals surface area (Å²) in [6.07, 6.45) is 7.94. The lowest BCUT2D eigenvalue weighted by atomic mass is 9.91. The van der Waals surface area contributed by atoms with Gasteiger partial charge in [-0.05, 0) is 68.7 Å². The van der Waals surface area contributed by atoms with Gasteiger partial charge < -0.3 is 4.74 Å². The van der Waals surface area contributed by atoms with Gasteiger partial charge in [-0.15, -0.1) is 0 Å². The smallest absolute Gasteiger partial charge is 0.235 e. The predicted molar refractivity (Wildman–Crippen MR) is 98.0 cm³/mol. The van der Waals surface area contributed by atoms with Crippen molar-refractivity contribution in [3.63, 3.8) is 0 Å². The van der Waals surface area contributed by atoms with E-state index in [1.165, 1.54) is 19.3 Å². The van der Waals surface area contributed by atoms with Crippen LogP contribution >= 0.6 is 0 Å². The summed E-state index contributed by atoms with van der Waals surface area (Å²) < 4.78 is 33.3. The van der Waals surface area contributed by atoms with Crippen molar-refractivity contribution >= 4 is 15.7 Å². The Bertz CT molecular complexity index is 631. The maximum Gasteiger partial charge on any atom is 0.235 e. The van der Waals surface area contributed by atoms with E-state index in [1.807, 2.05) is 24.3 Å². The predicted octanol–water partition coefficient (Wildman–Crippen LogP) is 4.21. The van der Waals surface area contributed by atoms with Crippen molar-refractivity contribution in [2.45, 2.75) is 57.9 Å². The maximum absolute atomic E-state index is 13.2. The van der Waals surface area contributed by atoms with Gasteiger partial charge in [0.15, 0.2) is 0 Å². The Hall–Kier alpha value is -1.23. The summed E-state index contributed by atoms with van der Waals surface area (Å²) in [5, 5.41) is 0. The first kappa shape index (κ1) is 17.6. The Morgan fingerprint density at radius 3 is 2.25 bits per heavy atom. The van der Waals surface area contributed by atoms with Crippen LogP contribution in [0.4, 0.5) is 5.69 Å². The molecule has 5 heteroatoms. The highest BCUT2D eigenvalue weighted by molar-refractivity contribution is 7.92. The standard InChI is InChI=1S/C19H29NO3S/c1-15(17-8-9-17)20(18-10-12-19(23-2)13-11-18)24(21,22)14-16-6-4-3-5-7-16/h10-13,15-17H,3-9,14H2,1-2H3. The Labute approximate surface area is 146 Å². The van der Waals surface area contributed by atoms with Crippen LogP contribution in [0.2, 0.25) is 0 Å². The molecular formula is C19H29NO3S. The van der Waals surface area contributed by atoms with Gasteiger partial charge in [-0.2, -0.15) is 0 Å². The van der Waals surface area contributed by atoms with Crippen LogP contribution in [0.1, 0.15) is 51.9 Å². The zero-order chi connectivity index (χ0) is 17.2. The molecule has 0 radical (unpaired) electrons. The molecule has 0 heterocycles. The number of rotatable bonds is 7. The number of sulfonamides is 1. The van der Waals surface area contributed by atoms with Crippen molar-refractivity contribution in [1.82, 2.24) is 0 Å². The number of methoxy groups -OCH3 is 1. The van der Waals surface area contributed by atoms with Crippen LogP contribution in [-0.4, -0.2) is 27.3 Å². The van der Waals surface area contributed by atoms with Crippen molar-refractivity contribution in [2.75, 3.05) is 17.2 Å². The van der Waals surface area contributed by atoms with Crippen LogP contribution in [-0.2, 0) is 10.0 Å². The Balaban J connectivity index is 1.84. The third-order valence-electron chi connectivity index (χ3n) is 5.47. The molecule has 0 saturated heterocycles. The highest BCUT2D eigenvalue weighted by Crippen LogP contribution is 2.39. The summed E-state index contributed by atoms with van der Waals surface area (Å²) in [4.78, 5) is 0. The van der Waals surface area contributed by atoms with Gasteiger partial charge in [-0.1, -0.05) is 19.3 Å². The van der Waals surface area contributed by atoms with Gasteiger partial charge in [-0.25, -0.2) is 8.42 Å². The fraction of sp³-hybridized carbons (Fsp3) is 0.684.